The molecule has 1 aliphatic rings. The number of nitrogens with one attached hydrogen (secondary N) is 1. The molecule has 1 heterocycles. The van der Waals surface area contributed by atoms with Crippen molar-refractivity contribution in [3.8, 4) is 17.2 Å². The lowest BCUT2D eigenvalue weighted by atomic mass is 9.92. The van der Waals surface area contributed by atoms with Crippen molar-refractivity contribution in [1.29, 1.82) is 0 Å². The first kappa shape index (κ1) is 47.1. The fraction of sp³-hybridized carbons (Fsp3) is 0.579. The van der Waals surface area contributed by atoms with Gasteiger partial charge in [0.05, 0.1) is 12.5 Å². The number of carbonyl (C=O) groups is 4. The molecule has 8 atom stereocenters. The first-order valence-corrected chi connectivity index (χ1v) is 19.1. The Labute approximate surface area is 334 Å². The van der Waals surface area contributed by atoms with E-state index in [2.05, 4.69) is 5.43 Å². The van der Waals surface area contributed by atoms with Gasteiger partial charge in [-0.05, 0) is 61.6 Å². The van der Waals surface area contributed by atoms with Gasteiger partial charge in [-0.3, -0.25) is 30.0 Å². The van der Waals surface area contributed by atoms with Gasteiger partial charge in [-0.2, -0.15) is 0 Å². The summed E-state index contributed by atoms with van der Waals surface area (Å²) in [6.07, 6.45) is -7.87. The molecule has 8 N–H and O–H groups in total. The van der Waals surface area contributed by atoms with E-state index >= 15 is 4.39 Å². The van der Waals surface area contributed by atoms with Crippen LogP contribution in [-0.2, 0) is 49.3 Å². The highest BCUT2D eigenvalue weighted by Crippen LogP contribution is 2.36. The predicted octanol–water partition coefficient (Wildman–Crippen LogP) is 3.78. The average Bonchev–Trinajstić information content (AvgIpc) is 3.17. The highest BCUT2D eigenvalue weighted by atomic mass is 35.5. The van der Waals surface area contributed by atoms with Crippen LogP contribution in [0.2, 0.25) is 0 Å². The minimum absolute atomic E-state index is 0.0155. The summed E-state index contributed by atoms with van der Waals surface area (Å²) in [4.78, 5) is 61.0. The summed E-state index contributed by atoms with van der Waals surface area (Å²) in [5.74, 6) is 1.20. The minimum atomic E-state index is -1.93. The molecule has 17 nitrogen and oxygen atoms in total. The van der Waals surface area contributed by atoms with Gasteiger partial charge in [0, 0.05) is 25.7 Å². The number of aliphatic hydroxyl groups is 1. The molecule has 5 unspecified atom stereocenters. The molecule has 0 amide bonds. The molecule has 0 spiro atoms. The van der Waals surface area contributed by atoms with E-state index in [9.17, 15) is 34.5 Å². The lowest BCUT2D eigenvalue weighted by molar-refractivity contribution is -0.295. The number of hydrazine groups is 1. The van der Waals surface area contributed by atoms with Crippen LogP contribution in [0.25, 0.3) is 0 Å². The van der Waals surface area contributed by atoms with E-state index in [0.717, 1.165) is 6.07 Å². The van der Waals surface area contributed by atoms with Gasteiger partial charge in [0.1, 0.15) is 23.4 Å². The first-order chi connectivity index (χ1) is 27.0. The van der Waals surface area contributed by atoms with E-state index in [0.29, 0.717) is 24.8 Å². The molecule has 1 saturated heterocycles. The summed E-state index contributed by atoms with van der Waals surface area (Å²) in [6.45, 7) is 6.24. The lowest BCUT2D eigenvalue weighted by Gasteiger charge is -2.42. The Morgan fingerprint density at radius 3 is 2.16 bits per heavy atom. The van der Waals surface area contributed by atoms with Gasteiger partial charge < -0.3 is 44.7 Å². The zero-order chi connectivity index (χ0) is 42.3. The Kier molecular flexibility index (Phi) is 18.2. The number of carboxylic acid groups (broad SMARTS) is 1. The van der Waals surface area contributed by atoms with Crippen LogP contribution >= 0.6 is 11.6 Å². The fourth-order valence-corrected chi connectivity index (χ4v) is 5.80. The number of esters is 3. The van der Waals surface area contributed by atoms with Crippen molar-refractivity contribution in [2.45, 2.75) is 127 Å². The number of halogens is 2. The van der Waals surface area contributed by atoms with Crippen LogP contribution in [0, 0.1) is 0 Å². The van der Waals surface area contributed by atoms with Crippen LogP contribution in [0.15, 0.2) is 42.5 Å². The second-order valence-electron chi connectivity index (χ2n) is 13.9. The maximum atomic E-state index is 15.9. The summed E-state index contributed by atoms with van der Waals surface area (Å²) in [6, 6.07) is 9.65. The highest BCUT2D eigenvalue weighted by molar-refractivity contribution is 6.20. The Hall–Kier alpha value is -4.30. The van der Waals surface area contributed by atoms with Gasteiger partial charge in [-0.15, -0.1) is 11.6 Å². The third-order valence-corrected chi connectivity index (χ3v) is 9.43. The van der Waals surface area contributed by atoms with Gasteiger partial charge in [-0.25, -0.2) is 14.6 Å². The number of carboxylic acids is 1. The Morgan fingerprint density at radius 1 is 0.982 bits per heavy atom. The standard InChI is InChI=1S/C38H53ClFN3O14/c1-5-8-29(45)52-28-20-51-34(33(54-31(47)10-7-3)32(28)53-30(46)9-6-2)55-36(50)37(4,43-42)19-25(40)23-13-16-27(26(44)17-23)57-56-24-14-11-22(12-15-24)18-38(41,21-39)35(48)49/h11-17,25,28-29,32-34,43-45H,5-10,18-21,41-42H2,1-4H3,(H,48,49)/t25?,28-,29?,32+,33-,34?,37?,38?/m1/s1. The monoisotopic (exact) mass is 829 g/mol. The largest absolute Gasteiger partial charge is 0.504 e. The van der Waals surface area contributed by atoms with Crippen LogP contribution in [0.1, 0.15) is 89.9 Å². The lowest BCUT2D eigenvalue weighted by Crippen LogP contribution is -2.61. The normalized spacial score (nSPS) is 21.2. The number of benzene rings is 2. The molecule has 1 fully saturated rings. The van der Waals surface area contributed by atoms with Gasteiger partial charge in [0.15, 0.2) is 23.9 Å². The maximum absolute atomic E-state index is 15.9. The SMILES string of the molecule is CCCC(=O)O[C@H]1[C@H](OC(O)CCC)COC(OC(=O)C(C)(CC(F)c2ccc(OOc3ccc(CC(N)(CCl)C(=O)O)cc3)c(O)c2)NN)[C@@H]1OC(=O)CCC. The molecular formula is C38H53ClFN3O14. The summed E-state index contributed by atoms with van der Waals surface area (Å²) < 4.78 is 44.2. The van der Waals surface area contributed by atoms with E-state index < -0.39 is 84.2 Å². The zero-order valence-electron chi connectivity index (χ0n) is 32.3. The number of ether oxygens (including phenoxy) is 5. The Balaban J connectivity index is 1.74. The molecule has 0 bridgehead atoms. The van der Waals surface area contributed by atoms with Gasteiger partial charge in [0.25, 0.3) is 0 Å². The number of nitrogens with two attached hydrogens (primary N) is 2. The second-order valence-corrected chi connectivity index (χ2v) is 14.2. The van der Waals surface area contributed by atoms with Crippen molar-refractivity contribution in [3.63, 3.8) is 0 Å². The number of hydrogen-bond donors (Lipinski definition) is 6. The quantitative estimate of drug-likeness (QED) is 0.0177. The average molecular weight is 830 g/mol. The van der Waals surface area contributed by atoms with Crippen molar-refractivity contribution in [2.24, 2.45) is 11.6 Å². The highest BCUT2D eigenvalue weighted by Gasteiger charge is 2.50. The second kappa shape index (κ2) is 22.0. The molecule has 57 heavy (non-hydrogen) atoms. The number of aromatic hydroxyl groups is 1. The molecule has 19 heteroatoms. The Morgan fingerprint density at radius 2 is 1.61 bits per heavy atom. The molecule has 0 saturated carbocycles. The third kappa shape index (κ3) is 13.4. The van der Waals surface area contributed by atoms with E-state index in [1.807, 2.05) is 6.92 Å². The van der Waals surface area contributed by atoms with E-state index in [1.54, 1.807) is 26.0 Å². The van der Waals surface area contributed by atoms with Crippen LogP contribution in [0.5, 0.6) is 17.2 Å². The van der Waals surface area contributed by atoms with E-state index in [-0.39, 0.29) is 55.2 Å². The van der Waals surface area contributed by atoms with Gasteiger partial charge in [0.2, 0.25) is 18.1 Å². The van der Waals surface area contributed by atoms with Crippen molar-refractivity contribution in [2.75, 3.05) is 12.5 Å². The minimum Gasteiger partial charge on any atom is -0.504 e. The summed E-state index contributed by atoms with van der Waals surface area (Å²) in [7, 11) is 0. The molecule has 318 valence electrons. The molecular weight excluding hydrogens is 777 g/mol. The summed E-state index contributed by atoms with van der Waals surface area (Å²) >= 11 is 5.74. The number of aliphatic hydroxyl groups excluding tert-OH is 1. The summed E-state index contributed by atoms with van der Waals surface area (Å²) in [5.41, 5.74) is 5.02. The van der Waals surface area contributed by atoms with E-state index in [4.69, 9.17) is 56.6 Å². The number of hydrogen-bond acceptors (Lipinski definition) is 16. The molecule has 0 aliphatic carbocycles. The van der Waals surface area contributed by atoms with Crippen molar-refractivity contribution < 1.29 is 72.3 Å². The topological polar surface area (TPSA) is 258 Å². The number of phenolic OH excluding ortho intramolecular Hbond substituents is 1. The predicted molar refractivity (Wildman–Crippen MR) is 200 cm³/mol. The fourth-order valence-electron chi connectivity index (χ4n) is 5.59. The number of rotatable bonds is 23. The van der Waals surface area contributed by atoms with Gasteiger partial charge in [-0.1, -0.05) is 45.4 Å². The zero-order valence-corrected chi connectivity index (χ0v) is 33.1. The van der Waals surface area contributed by atoms with Crippen LogP contribution in [0.3, 0.4) is 0 Å². The van der Waals surface area contributed by atoms with Gasteiger partial charge >= 0.3 is 23.9 Å². The van der Waals surface area contributed by atoms with Crippen molar-refractivity contribution in [3.05, 3.63) is 53.6 Å². The number of carbonyl (C=O) groups excluding carboxylic acids is 3. The smallest absolute Gasteiger partial charge is 0.329 e. The van der Waals surface area contributed by atoms with Crippen LogP contribution < -0.4 is 26.8 Å². The van der Waals surface area contributed by atoms with E-state index in [1.165, 1.54) is 31.2 Å². The molecule has 0 aromatic heterocycles. The maximum Gasteiger partial charge on any atom is 0.329 e. The Bertz CT molecular complexity index is 1640. The third-order valence-electron chi connectivity index (χ3n) is 8.95. The first-order valence-electron chi connectivity index (χ1n) is 18.5. The molecule has 2 aromatic carbocycles. The number of alkyl halides is 2. The summed E-state index contributed by atoms with van der Waals surface area (Å²) in [5, 5.41) is 30.3. The number of phenols is 1. The van der Waals surface area contributed by atoms with Crippen LogP contribution in [0.4, 0.5) is 4.39 Å². The van der Waals surface area contributed by atoms with Crippen LogP contribution in [-0.4, -0.2) is 93.7 Å². The van der Waals surface area contributed by atoms with Crippen molar-refractivity contribution in [1.82, 2.24) is 5.43 Å². The molecule has 1 aliphatic heterocycles. The number of aliphatic carboxylic acids is 1. The molecule has 0 radical (unpaired) electrons. The molecule has 3 rings (SSSR count). The molecule has 2 aromatic rings. The van der Waals surface area contributed by atoms with Crippen molar-refractivity contribution >= 4 is 35.5 Å².